The Morgan fingerprint density at radius 3 is 2.00 bits per heavy atom. The SMILES string of the molecule is CCOc1ccc(OCC(=O)NCC(CC)(CC)C(=O)O)cc1. The van der Waals surface area contributed by atoms with Crippen LogP contribution in [0.2, 0.25) is 0 Å². The molecule has 6 heteroatoms. The molecule has 1 rings (SSSR count). The second-order valence-electron chi connectivity index (χ2n) is 5.26. The minimum Gasteiger partial charge on any atom is -0.494 e. The molecule has 0 saturated heterocycles. The summed E-state index contributed by atoms with van der Waals surface area (Å²) >= 11 is 0. The van der Waals surface area contributed by atoms with Gasteiger partial charge in [0.15, 0.2) is 6.61 Å². The fourth-order valence-corrected chi connectivity index (χ4v) is 2.14. The largest absolute Gasteiger partial charge is 0.494 e. The maximum atomic E-state index is 11.8. The lowest BCUT2D eigenvalue weighted by atomic mass is 9.82. The van der Waals surface area contributed by atoms with Crippen molar-refractivity contribution in [2.24, 2.45) is 5.41 Å². The van der Waals surface area contributed by atoms with Gasteiger partial charge in [-0.1, -0.05) is 13.8 Å². The first-order valence-corrected chi connectivity index (χ1v) is 7.83. The Bertz CT molecular complexity index is 508. The predicted molar refractivity (Wildman–Crippen MR) is 86.8 cm³/mol. The highest BCUT2D eigenvalue weighted by Gasteiger charge is 2.35. The van der Waals surface area contributed by atoms with Crippen LogP contribution in [0, 0.1) is 5.41 Å². The second-order valence-corrected chi connectivity index (χ2v) is 5.26. The summed E-state index contributed by atoms with van der Waals surface area (Å²) in [6.07, 6.45) is 0.914. The Balaban J connectivity index is 2.46. The third-order valence-corrected chi connectivity index (χ3v) is 3.94. The number of rotatable bonds is 10. The first kappa shape index (κ1) is 18.8. The van der Waals surface area contributed by atoms with E-state index in [9.17, 15) is 14.7 Å². The number of aliphatic carboxylic acids is 1. The highest BCUT2D eigenvalue weighted by Crippen LogP contribution is 2.25. The van der Waals surface area contributed by atoms with Gasteiger partial charge in [0.25, 0.3) is 5.91 Å². The zero-order valence-electron chi connectivity index (χ0n) is 13.9. The van der Waals surface area contributed by atoms with E-state index in [1.54, 1.807) is 38.1 Å². The zero-order chi connectivity index (χ0) is 17.3. The second kappa shape index (κ2) is 9.02. The number of ether oxygens (including phenoxy) is 2. The van der Waals surface area contributed by atoms with Gasteiger partial charge in [-0.25, -0.2) is 0 Å². The molecular formula is C17H25NO5. The molecule has 128 valence electrons. The molecule has 0 fully saturated rings. The van der Waals surface area contributed by atoms with Gasteiger partial charge in [0.05, 0.1) is 12.0 Å². The summed E-state index contributed by atoms with van der Waals surface area (Å²) in [4.78, 5) is 23.2. The van der Waals surface area contributed by atoms with E-state index in [1.807, 2.05) is 6.92 Å². The van der Waals surface area contributed by atoms with Crippen molar-refractivity contribution in [3.05, 3.63) is 24.3 Å². The van der Waals surface area contributed by atoms with E-state index < -0.39 is 11.4 Å². The van der Waals surface area contributed by atoms with E-state index in [0.717, 1.165) is 5.75 Å². The molecule has 0 atom stereocenters. The quantitative estimate of drug-likeness (QED) is 0.691. The summed E-state index contributed by atoms with van der Waals surface area (Å²) in [5, 5.41) is 12.0. The number of hydrogen-bond acceptors (Lipinski definition) is 4. The van der Waals surface area contributed by atoms with E-state index in [1.165, 1.54) is 0 Å². The maximum Gasteiger partial charge on any atom is 0.311 e. The van der Waals surface area contributed by atoms with Crippen LogP contribution in [0.4, 0.5) is 0 Å². The van der Waals surface area contributed by atoms with Crippen LogP contribution in [0.1, 0.15) is 33.6 Å². The van der Waals surface area contributed by atoms with Crippen molar-refractivity contribution < 1.29 is 24.2 Å². The van der Waals surface area contributed by atoms with Crippen molar-refractivity contribution in [3.8, 4) is 11.5 Å². The van der Waals surface area contributed by atoms with E-state index in [-0.39, 0.29) is 19.1 Å². The molecule has 23 heavy (non-hydrogen) atoms. The Labute approximate surface area is 136 Å². The Kier molecular flexibility index (Phi) is 7.38. The van der Waals surface area contributed by atoms with Crippen molar-refractivity contribution in [3.63, 3.8) is 0 Å². The Hall–Kier alpha value is -2.24. The van der Waals surface area contributed by atoms with Gasteiger partial charge >= 0.3 is 5.97 Å². The molecule has 1 aromatic carbocycles. The number of carbonyl (C=O) groups excluding carboxylic acids is 1. The molecule has 0 saturated carbocycles. The van der Waals surface area contributed by atoms with Crippen LogP contribution in [0.25, 0.3) is 0 Å². The third kappa shape index (κ3) is 5.47. The number of carboxylic acid groups (broad SMARTS) is 1. The standard InChI is InChI=1S/C17H25NO5/c1-4-17(5-2,16(20)21)12-18-15(19)11-23-14-9-7-13(8-10-14)22-6-3/h7-10H,4-6,11-12H2,1-3H3,(H,18,19)(H,20,21). The molecule has 0 unspecified atom stereocenters. The summed E-state index contributed by atoms with van der Waals surface area (Å²) in [5.74, 6) is 0.0576. The molecule has 1 amide bonds. The van der Waals surface area contributed by atoms with E-state index >= 15 is 0 Å². The average molecular weight is 323 g/mol. The van der Waals surface area contributed by atoms with Crippen molar-refractivity contribution in [1.29, 1.82) is 0 Å². The molecule has 0 aliphatic heterocycles. The van der Waals surface area contributed by atoms with Crippen molar-refractivity contribution in [2.75, 3.05) is 19.8 Å². The van der Waals surface area contributed by atoms with Gasteiger partial charge in [0, 0.05) is 6.54 Å². The van der Waals surface area contributed by atoms with Gasteiger partial charge in [-0.3, -0.25) is 9.59 Å². The number of carbonyl (C=O) groups is 2. The van der Waals surface area contributed by atoms with Crippen LogP contribution >= 0.6 is 0 Å². The Morgan fingerprint density at radius 2 is 1.57 bits per heavy atom. The van der Waals surface area contributed by atoms with Gasteiger partial charge in [-0.05, 0) is 44.0 Å². The molecule has 2 N–H and O–H groups in total. The lowest BCUT2D eigenvalue weighted by molar-refractivity contribution is -0.149. The maximum absolute atomic E-state index is 11.8. The summed E-state index contributed by atoms with van der Waals surface area (Å²) in [6.45, 7) is 6.04. The van der Waals surface area contributed by atoms with E-state index in [4.69, 9.17) is 9.47 Å². The van der Waals surface area contributed by atoms with Crippen molar-refractivity contribution >= 4 is 11.9 Å². The van der Waals surface area contributed by atoms with Crippen molar-refractivity contribution in [1.82, 2.24) is 5.32 Å². The highest BCUT2D eigenvalue weighted by molar-refractivity contribution is 5.80. The van der Waals surface area contributed by atoms with Gasteiger partial charge < -0.3 is 19.9 Å². The van der Waals surface area contributed by atoms with Crippen molar-refractivity contribution in [2.45, 2.75) is 33.6 Å². The number of hydrogen-bond donors (Lipinski definition) is 2. The predicted octanol–water partition coefficient (Wildman–Crippen LogP) is 2.47. The molecule has 6 nitrogen and oxygen atoms in total. The summed E-state index contributed by atoms with van der Waals surface area (Å²) in [5.41, 5.74) is -0.922. The molecule has 0 aliphatic rings. The van der Waals surface area contributed by atoms with Crippen LogP contribution < -0.4 is 14.8 Å². The first-order valence-electron chi connectivity index (χ1n) is 7.83. The van der Waals surface area contributed by atoms with Crippen LogP contribution in [0.3, 0.4) is 0 Å². The zero-order valence-corrected chi connectivity index (χ0v) is 13.9. The smallest absolute Gasteiger partial charge is 0.311 e. The lowest BCUT2D eigenvalue weighted by Gasteiger charge is -2.26. The molecule has 0 aliphatic carbocycles. The molecule has 0 bridgehead atoms. The normalized spacial score (nSPS) is 10.9. The topological polar surface area (TPSA) is 84.9 Å². The number of amides is 1. The monoisotopic (exact) mass is 323 g/mol. The van der Waals surface area contributed by atoms with Gasteiger partial charge in [0.1, 0.15) is 11.5 Å². The molecule has 0 heterocycles. The fraction of sp³-hybridized carbons (Fsp3) is 0.529. The summed E-state index contributed by atoms with van der Waals surface area (Å²) in [6, 6.07) is 6.97. The minimum atomic E-state index is -0.922. The van der Waals surface area contributed by atoms with Crippen LogP contribution in [0.15, 0.2) is 24.3 Å². The van der Waals surface area contributed by atoms with Crippen LogP contribution in [0.5, 0.6) is 11.5 Å². The lowest BCUT2D eigenvalue weighted by Crippen LogP contribution is -2.43. The highest BCUT2D eigenvalue weighted by atomic mass is 16.5. The number of nitrogens with one attached hydrogen (secondary N) is 1. The van der Waals surface area contributed by atoms with E-state index in [2.05, 4.69) is 5.32 Å². The third-order valence-electron chi connectivity index (χ3n) is 3.94. The van der Waals surface area contributed by atoms with E-state index in [0.29, 0.717) is 25.2 Å². The van der Waals surface area contributed by atoms with Gasteiger partial charge in [-0.15, -0.1) is 0 Å². The number of carboxylic acids is 1. The average Bonchev–Trinajstić information content (AvgIpc) is 2.55. The molecule has 0 spiro atoms. The van der Waals surface area contributed by atoms with Crippen LogP contribution in [-0.2, 0) is 9.59 Å². The summed E-state index contributed by atoms with van der Waals surface area (Å²) in [7, 11) is 0. The minimum absolute atomic E-state index is 0.0980. The number of benzene rings is 1. The Morgan fingerprint density at radius 1 is 1.04 bits per heavy atom. The molecular weight excluding hydrogens is 298 g/mol. The van der Waals surface area contributed by atoms with Crippen LogP contribution in [-0.4, -0.2) is 36.7 Å². The van der Waals surface area contributed by atoms with Gasteiger partial charge in [0.2, 0.25) is 0 Å². The molecule has 0 radical (unpaired) electrons. The fourth-order valence-electron chi connectivity index (χ4n) is 2.14. The molecule has 1 aromatic rings. The summed E-state index contributed by atoms with van der Waals surface area (Å²) < 4.78 is 10.7. The van der Waals surface area contributed by atoms with Gasteiger partial charge in [-0.2, -0.15) is 0 Å². The molecule has 0 aromatic heterocycles. The first-order chi connectivity index (χ1) is 11.0.